The number of benzene rings is 1. The summed E-state index contributed by atoms with van der Waals surface area (Å²) in [6.45, 7) is 2.21. The van der Waals surface area contributed by atoms with Crippen LogP contribution in [-0.2, 0) is 0 Å². The lowest BCUT2D eigenvalue weighted by molar-refractivity contribution is 0.555. The number of anilines is 2. The molecular weight excluding hydrogens is 230 g/mol. The first kappa shape index (κ1) is 11.2. The van der Waals surface area contributed by atoms with Crippen LogP contribution in [0.2, 0.25) is 0 Å². The fourth-order valence-electron chi connectivity index (χ4n) is 2.42. The first-order valence-electron chi connectivity index (χ1n) is 6.21. The van der Waals surface area contributed by atoms with E-state index in [1.54, 1.807) is 6.07 Å². The van der Waals surface area contributed by atoms with Crippen molar-refractivity contribution in [2.45, 2.75) is 25.8 Å². The van der Waals surface area contributed by atoms with Gasteiger partial charge in [0.25, 0.3) is 0 Å². The monoisotopic (exact) mass is 247 g/mol. The Bertz CT molecular complexity index is 639. The van der Waals surface area contributed by atoms with Gasteiger partial charge in [0.15, 0.2) is 5.58 Å². The Labute approximate surface area is 105 Å². The van der Waals surface area contributed by atoms with Gasteiger partial charge in [0.05, 0.1) is 16.9 Å². The van der Waals surface area contributed by atoms with Gasteiger partial charge in [-0.15, -0.1) is 0 Å². The predicted molar refractivity (Wildman–Crippen MR) is 71.8 cm³/mol. The highest BCUT2D eigenvalue weighted by Crippen LogP contribution is 2.38. The van der Waals surface area contributed by atoms with Crippen molar-refractivity contribution < 1.29 is 4.42 Å². The summed E-state index contributed by atoms with van der Waals surface area (Å²) in [4.78, 5) is 16.0. The van der Waals surface area contributed by atoms with E-state index < -0.39 is 5.76 Å². The molecule has 0 radical (unpaired) electrons. The molecule has 1 saturated carbocycles. The van der Waals surface area contributed by atoms with E-state index in [-0.39, 0.29) is 0 Å². The summed E-state index contributed by atoms with van der Waals surface area (Å²) in [5, 5.41) is 0. The Morgan fingerprint density at radius 3 is 2.89 bits per heavy atom. The minimum absolute atomic E-state index is 0.445. The highest BCUT2D eigenvalue weighted by atomic mass is 16.4. The van der Waals surface area contributed by atoms with Crippen molar-refractivity contribution in [1.82, 2.24) is 4.98 Å². The molecule has 1 aromatic carbocycles. The summed E-state index contributed by atoms with van der Waals surface area (Å²) in [7, 11) is 2.04. The maximum atomic E-state index is 11.2. The molecule has 0 saturated heterocycles. The van der Waals surface area contributed by atoms with Gasteiger partial charge in [-0.2, -0.15) is 0 Å². The SMILES string of the molecule is CC(C1CC1)N(C)c1cc2[nH]c(=O)oc2cc1N. The third kappa shape index (κ3) is 1.75. The van der Waals surface area contributed by atoms with Gasteiger partial charge in [-0.05, 0) is 31.7 Å². The number of hydrogen-bond acceptors (Lipinski definition) is 4. The summed E-state index contributed by atoms with van der Waals surface area (Å²) in [6, 6.07) is 4.05. The van der Waals surface area contributed by atoms with E-state index in [1.807, 2.05) is 13.1 Å². The molecule has 3 N–H and O–H groups in total. The van der Waals surface area contributed by atoms with Crippen molar-refractivity contribution in [3.8, 4) is 0 Å². The largest absolute Gasteiger partial charge is 0.417 e. The quantitative estimate of drug-likeness (QED) is 0.813. The van der Waals surface area contributed by atoms with Crippen LogP contribution in [0.15, 0.2) is 21.3 Å². The molecule has 96 valence electrons. The summed E-state index contributed by atoms with van der Waals surface area (Å²) in [5.41, 5.74) is 8.82. The molecular formula is C13H17N3O2. The number of hydrogen-bond donors (Lipinski definition) is 2. The van der Waals surface area contributed by atoms with Crippen LogP contribution in [0.5, 0.6) is 0 Å². The minimum atomic E-state index is -0.445. The van der Waals surface area contributed by atoms with E-state index in [4.69, 9.17) is 10.2 Å². The molecule has 1 aliphatic rings. The molecule has 1 aromatic heterocycles. The number of oxazole rings is 1. The zero-order valence-electron chi connectivity index (χ0n) is 10.6. The van der Waals surface area contributed by atoms with Crippen molar-refractivity contribution in [1.29, 1.82) is 0 Å². The Morgan fingerprint density at radius 1 is 1.50 bits per heavy atom. The van der Waals surface area contributed by atoms with Gasteiger partial charge in [-0.25, -0.2) is 4.79 Å². The average Bonchev–Trinajstić information content (AvgIpc) is 3.09. The summed E-state index contributed by atoms with van der Waals surface area (Å²) >= 11 is 0. The molecule has 1 aliphatic carbocycles. The van der Waals surface area contributed by atoms with Crippen LogP contribution in [0.25, 0.3) is 11.1 Å². The molecule has 2 aromatic rings. The van der Waals surface area contributed by atoms with Gasteiger partial charge in [0, 0.05) is 19.2 Å². The Hall–Kier alpha value is -1.91. The molecule has 5 nitrogen and oxygen atoms in total. The van der Waals surface area contributed by atoms with Crippen LogP contribution in [0.3, 0.4) is 0 Å². The molecule has 18 heavy (non-hydrogen) atoms. The summed E-state index contributed by atoms with van der Waals surface area (Å²) in [5.74, 6) is 0.313. The van der Waals surface area contributed by atoms with Gasteiger partial charge < -0.3 is 15.1 Å². The lowest BCUT2D eigenvalue weighted by atomic mass is 10.1. The number of aromatic nitrogens is 1. The van der Waals surface area contributed by atoms with Gasteiger partial charge in [-0.1, -0.05) is 0 Å². The Balaban J connectivity index is 2.04. The molecule has 1 heterocycles. The van der Waals surface area contributed by atoms with Gasteiger partial charge in [-0.3, -0.25) is 4.98 Å². The van der Waals surface area contributed by atoms with Gasteiger partial charge >= 0.3 is 5.76 Å². The van der Waals surface area contributed by atoms with E-state index in [0.717, 1.165) is 11.6 Å². The van der Waals surface area contributed by atoms with E-state index >= 15 is 0 Å². The van der Waals surface area contributed by atoms with Crippen LogP contribution in [0, 0.1) is 5.92 Å². The molecule has 1 unspecified atom stereocenters. The van der Waals surface area contributed by atoms with Crippen LogP contribution < -0.4 is 16.4 Å². The van der Waals surface area contributed by atoms with Crippen molar-refractivity contribution in [2.75, 3.05) is 17.7 Å². The maximum Gasteiger partial charge on any atom is 0.417 e. The second-order valence-electron chi connectivity index (χ2n) is 5.11. The molecule has 0 amide bonds. The van der Waals surface area contributed by atoms with Crippen LogP contribution in [-0.4, -0.2) is 18.1 Å². The molecule has 5 heteroatoms. The van der Waals surface area contributed by atoms with Gasteiger partial charge in [0.2, 0.25) is 0 Å². The minimum Gasteiger partial charge on any atom is -0.408 e. The van der Waals surface area contributed by atoms with Crippen LogP contribution in [0.1, 0.15) is 19.8 Å². The second-order valence-corrected chi connectivity index (χ2v) is 5.11. The van der Waals surface area contributed by atoms with E-state index in [2.05, 4.69) is 16.8 Å². The number of nitrogens with one attached hydrogen (secondary N) is 1. The molecule has 1 fully saturated rings. The number of nitrogen functional groups attached to an aromatic ring is 1. The summed E-state index contributed by atoms with van der Waals surface area (Å²) < 4.78 is 4.99. The molecule has 0 bridgehead atoms. The smallest absolute Gasteiger partial charge is 0.408 e. The Kier molecular flexibility index (Phi) is 2.36. The molecule has 0 aliphatic heterocycles. The lowest BCUT2D eigenvalue weighted by Crippen LogP contribution is -2.31. The number of fused-ring (bicyclic) bond motifs is 1. The zero-order chi connectivity index (χ0) is 12.9. The molecule has 0 spiro atoms. The fraction of sp³-hybridized carbons (Fsp3) is 0.462. The van der Waals surface area contributed by atoms with Gasteiger partial charge in [0.1, 0.15) is 0 Å². The van der Waals surface area contributed by atoms with E-state index in [1.165, 1.54) is 12.8 Å². The van der Waals surface area contributed by atoms with Crippen molar-refractivity contribution in [2.24, 2.45) is 5.92 Å². The predicted octanol–water partition coefficient (Wildman–Crippen LogP) is 1.94. The van der Waals surface area contributed by atoms with Crippen molar-refractivity contribution in [3.05, 3.63) is 22.7 Å². The lowest BCUT2D eigenvalue weighted by Gasteiger charge is -2.28. The second kappa shape index (κ2) is 3.80. The number of H-pyrrole nitrogens is 1. The van der Waals surface area contributed by atoms with Crippen molar-refractivity contribution >= 4 is 22.5 Å². The normalized spacial score (nSPS) is 17.0. The first-order chi connectivity index (χ1) is 8.56. The van der Waals surface area contributed by atoms with Crippen LogP contribution >= 0.6 is 0 Å². The third-order valence-corrected chi connectivity index (χ3v) is 3.86. The number of aromatic amines is 1. The fourth-order valence-corrected chi connectivity index (χ4v) is 2.42. The average molecular weight is 247 g/mol. The zero-order valence-corrected chi connectivity index (χ0v) is 10.6. The molecule has 3 rings (SSSR count). The standard InChI is InChI=1S/C13H17N3O2/c1-7(8-3-4-8)16(2)11-6-10-12(5-9(11)14)18-13(17)15-10/h5-8H,3-4,14H2,1-2H3,(H,15,17). The highest BCUT2D eigenvalue weighted by Gasteiger charge is 2.31. The molecule has 1 atom stereocenters. The van der Waals surface area contributed by atoms with Crippen molar-refractivity contribution in [3.63, 3.8) is 0 Å². The Morgan fingerprint density at radius 2 is 2.22 bits per heavy atom. The maximum absolute atomic E-state index is 11.2. The third-order valence-electron chi connectivity index (χ3n) is 3.86. The number of nitrogens with two attached hydrogens (primary N) is 1. The number of nitrogens with zero attached hydrogens (tertiary/aromatic N) is 1. The summed E-state index contributed by atoms with van der Waals surface area (Å²) in [6.07, 6.45) is 2.58. The topological polar surface area (TPSA) is 75.3 Å². The first-order valence-corrected chi connectivity index (χ1v) is 6.21. The van der Waals surface area contributed by atoms with Crippen LogP contribution in [0.4, 0.5) is 11.4 Å². The highest BCUT2D eigenvalue weighted by molar-refractivity contribution is 5.85. The van der Waals surface area contributed by atoms with E-state index in [0.29, 0.717) is 22.8 Å². The van der Waals surface area contributed by atoms with E-state index in [9.17, 15) is 4.79 Å². The number of rotatable bonds is 3.